The van der Waals surface area contributed by atoms with Crippen LogP contribution < -0.4 is 16.8 Å². The third-order valence-corrected chi connectivity index (χ3v) is 8.70. The minimum absolute atomic E-state index is 0.00197. The minimum Gasteiger partial charge on any atom is -0.481 e. The second-order valence-electron chi connectivity index (χ2n) is 14.1. The molecule has 11 N–H and O–H groups in total. The molecule has 2 aromatic carbocycles. The number of rotatable bonds is 23. The summed E-state index contributed by atoms with van der Waals surface area (Å²) in [6, 6.07) is 17.5. The maximum atomic E-state index is 12.2. The van der Waals surface area contributed by atoms with Crippen molar-refractivity contribution >= 4 is 23.8 Å². The second kappa shape index (κ2) is 32.9. The molecule has 16 heteroatoms. The molecule has 0 aliphatic carbocycles. The fourth-order valence-corrected chi connectivity index (χ4v) is 5.88. The first-order valence-electron chi connectivity index (χ1n) is 20.0. The number of carboxylic acid groups (broad SMARTS) is 3. The number of aliphatic carboxylic acids is 3. The van der Waals surface area contributed by atoms with E-state index in [9.17, 15) is 20.1 Å². The van der Waals surface area contributed by atoms with E-state index in [1.54, 1.807) is 0 Å². The molecule has 58 heavy (non-hydrogen) atoms. The lowest BCUT2D eigenvalue weighted by atomic mass is 10.0. The molecule has 1 aliphatic heterocycles. The third kappa shape index (κ3) is 27.6. The molecule has 16 nitrogen and oxygen atoms in total. The van der Waals surface area contributed by atoms with Crippen LogP contribution in [0.2, 0.25) is 0 Å². The van der Waals surface area contributed by atoms with Crippen molar-refractivity contribution in [2.75, 3.05) is 39.3 Å². The Morgan fingerprint density at radius 2 is 1.36 bits per heavy atom. The average molecular weight is 823 g/mol. The summed E-state index contributed by atoms with van der Waals surface area (Å²) in [6.45, 7) is 8.41. The Bertz CT molecular complexity index is 1350. The maximum absolute atomic E-state index is 12.2. The SMILES string of the molecule is CC(=O)O.CC(=O)O.CC(=O)O.CCCCCCN(CCCN[C@@H](CCc1ccc(CCCCN)cc1)C(N)=O)C[C@H](O)[C@@H](O)[C@@H]1OC(c2ccccc2)OC[C@H]1O. The molecular formula is C42H70N4O12. The quantitative estimate of drug-likeness (QED) is 0.0729. The van der Waals surface area contributed by atoms with Gasteiger partial charge in [0.2, 0.25) is 5.91 Å². The van der Waals surface area contributed by atoms with Crippen LogP contribution in [0.4, 0.5) is 0 Å². The minimum atomic E-state index is -1.29. The molecule has 0 spiro atoms. The molecule has 2 aromatic rings. The molecule has 6 atom stereocenters. The first-order chi connectivity index (χ1) is 27.5. The number of ether oxygens (including phenoxy) is 2. The number of nitrogens with zero attached hydrogens (tertiary/aromatic N) is 1. The molecule has 1 unspecified atom stereocenters. The van der Waals surface area contributed by atoms with E-state index in [2.05, 4.69) is 41.4 Å². The van der Waals surface area contributed by atoms with Crippen molar-refractivity contribution < 1.29 is 59.3 Å². The van der Waals surface area contributed by atoms with E-state index >= 15 is 0 Å². The van der Waals surface area contributed by atoms with Crippen LogP contribution in [-0.4, -0.2) is 129 Å². The predicted molar refractivity (Wildman–Crippen MR) is 221 cm³/mol. The fraction of sp³-hybridized carbons (Fsp3) is 0.619. The van der Waals surface area contributed by atoms with Crippen molar-refractivity contribution in [3.05, 3.63) is 71.3 Å². The molecule has 0 aromatic heterocycles. The number of carboxylic acids is 3. The van der Waals surface area contributed by atoms with Crippen molar-refractivity contribution in [1.29, 1.82) is 0 Å². The Labute approximate surface area is 343 Å². The van der Waals surface area contributed by atoms with Crippen molar-refractivity contribution in [1.82, 2.24) is 10.2 Å². The first kappa shape index (κ1) is 54.0. The Balaban J connectivity index is 0.00000237. The van der Waals surface area contributed by atoms with Crippen LogP contribution >= 0.6 is 0 Å². The highest BCUT2D eigenvalue weighted by Gasteiger charge is 2.39. The maximum Gasteiger partial charge on any atom is 0.300 e. The summed E-state index contributed by atoms with van der Waals surface area (Å²) < 4.78 is 11.6. The number of aliphatic hydroxyl groups is 3. The Kier molecular flexibility index (Phi) is 30.6. The van der Waals surface area contributed by atoms with Crippen molar-refractivity contribution in [2.24, 2.45) is 11.5 Å². The third-order valence-electron chi connectivity index (χ3n) is 8.70. The summed E-state index contributed by atoms with van der Waals surface area (Å²) in [5, 5.41) is 58.3. The average Bonchev–Trinajstić information content (AvgIpc) is 3.16. The topological polar surface area (TPSA) is 275 Å². The van der Waals surface area contributed by atoms with Gasteiger partial charge in [0.1, 0.15) is 18.3 Å². The number of aryl methyl sites for hydroxylation is 2. The van der Waals surface area contributed by atoms with E-state index < -0.39 is 54.7 Å². The highest BCUT2D eigenvalue weighted by atomic mass is 16.7. The zero-order chi connectivity index (χ0) is 43.9. The van der Waals surface area contributed by atoms with Crippen LogP contribution in [0, 0.1) is 0 Å². The smallest absolute Gasteiger partial charge is 0.300 e. The van der Waals surface area contributed by atoms with Crippen LogP contribution in [0.15, 0.2) is 54.6 Å². The van der Waals surface area contributed by atoms with Gasteiger partial charge in [-0.25, -0.2) is 0 Å². The number of carbonyl (C=O) groups is 4. The summed E-state index contributed by atoms with van der Waals surface area (Å²) in [4.78, 5) is 41.3. The molecule has 1 aliphatic rings. The largest absolute Gasteiger partial charge is 0.481 e. The number of amides is 1. The van der Waals surface area contributed by atoms with Gasteiger partial charge in [-0.1, -0.05) is 80.8 Å². The van der Waals surface area contributed by atoms with Gasteiger partial charge in [-0.2, -0.15) is 0 Å². The highest BCUT2D eigenvalue weighted by Crippen LogP contribution is 2.29. The van der Waals surface area contributed by atoms with E-state index in [0.29, 0.717) is 26.1 Å². The molecule has 1 saturated heterocycles. The zero-order valence-corrected chi connectivity index (χ0v) is 34.7. The molecular weight excluding hydrogens is 752 g/mol. The monoisotopic (exact) mass is 822 g/mol. The van der Waals surface area contributed by atoms with E-state index in [0.717, 1.165) is 90.7 Å². The summed E-state index contributed by atoms with van der Waals surface area (Å²) in [7, 11) is 0. The molecule has 0 radical (unpaired) electrons. The molecule has 330 valence electrons. The summed E-state index contributed by atoms with van der Waals surface area (Å²) in [6.07, 6.45) is 4.39. The number of aliphatic hydroxyl groups excluding tert-OH is 3. The first-order valence-corrected chi connectivity index (χ1v) is 20.0. The fourth-order valence-electron chi connectivity index (χ4n) is 5.88. The van der Waals surface area contributed by atoms with Crippen molar-refractivity contribution in [3.63, 3.8) is 0 Å². The number of benzene rings is 2. The standard InChI is InChI=1S/C36H58N4O6.3C2H4O2/c1-2-3-4-10-23-40(25-31(41)33(43)34-32(42)26-45-36(46-34)29-13-6-5-7-14-29)24-11-22-39-30(35(38)44)20-19-28-17-15-27(16-18-28)12-8-9-21-37;3*1-2(3)4/h5-7,13-18,30-34,36,39,41-43H,2-4,8-12,19-26,37H2,1H3,(H2,38,44);3*1H3,(H,3,4)/t30-,31-,32+,33+,34+,36?;;;/m0.../s1. The molecule has 0 bridgehead atoms. The number of hydrogen-bond donors (Lipinski definition) is 9. The van der Waals surface area contributed by atoms with Crippen LogP contribution in [-0.2, 0) is 41.5 Å². The van der Waals surface area contributed by atoms with Crippen LogP contribution in [0.1, 0.15) is 102 Å². The molecule has 3 rings (SSSR count). The number of nitrogens with one attached hydrogen (secondary N) is 1. The number of unbranched alkanes of at least 4 members (excludes halogenated alkanes) is 4. The van der Waals surface area contributed by atoms with Gasteiger partial charge >= 0.3 is 0 Å². The molecule has 1 fully saturated rings. The van der Waals surface area contributed by atoms with Gasteiger partial charge in [0.05, 0.1) is 18.8 Å². The number of primary amides is 1. The summed E-state index contributed by atoms with van der Waals surface area (Å²) in [5.74, 6) is -2.86. The van der Waals surface area contributed by atoms with Gasteiger partial charge in [-0.3, -0.25) is 19.2 Å². The van der Waals surface area contributed by atoms with Gasteiger partial charge < -0.3 is 61.8 Å². The van der Waals surface area contributed by atoms with Gasteiger partial charge in [-0.05, 0) is 82.3 Å². The number of carbonyl (C=O) groups excluding carboxylic acids is 1. The lowest BCUT2D eigenvalue weighted by Crippen LogP contribution is -2.54. The van der Waals surface area contributed by atoms with E-state index in [4.69, 9.17) is 50.6 Å². The highest BCUT2D eigenvalue weighted by molar-refractivity contribution is 5.79. The molecule has 1 heterocycles. The summed E-state index contributed by atoms with van der Waals surface area (Å²) in [5.41, 5.74) is 14.6. The van der Waals surface area contributed by atoms with Crippen LogP contribution in [0.5, 0.6) is 0 Å². The lowest BCUT2D eigenvalue weighted by Gasteiger charge is -2.38. The molecule has 0 saturated carbocycles. The van der Waals surface area contributed by atoms with Gasteiger partial charge in [-0.15, -0.1) is 0 Å². The second-order valence-corrected chi connectivity index (χ2v) is 14.1. The Morgan fingerprint density at radius 3 is 1.90 bits per heavy atom. The number of hydrogen-bond acceptors (Lipinski definition) is 12. The van der Waals surface area contributed by atoms with Crippen LogP contribution in [0.25, 0.3) is 0 Å². The van der Waals surface area contributed by atoms with Crippen molar-refractivity contribution in [3.8, 4) is 0 Å². The summed E-state index contributed by atoms with van der Waals surface area (Å²) >= 11 is 0. The predicted octanol–water partition coefficient (Wildman–Crippen LogP) is 3.09. The van der Waals surface area contributed by atoms with Crippen molar-refractivity contribution in [2.45, 2.75) is 129 Å². The van der Waals surface area contributed by atoms with Crippen LogP contribution in [0.3, 0.4) is 0 Å². The normalized spacial score (nSPS) is 17.5. The van der Waals surface area contributed by atoms with Gasteiger partial charge in [0.25, 0.3) is 17.9 Å². The van der Waals surface area contributed by atoms with E-state index in [1.807, 2.05) is 30.3 Å². The Hall–Kier alpha value is -4.00. The van der Waals surface area contributed by atoms with E-state index in [-0.39, 0.29) is 19.1 Å². The zero-order valence-electron chi connectivity index (χ0n) is 34.7. The number of nitrogens with two attached hydrogens (primary N) is 2. The van der Waals surface area contributed by atoms with E-state index in [1.165, 1.54) is 11.1 Å². The lowest BCUT2D eigenvalue weighted by molar-refractivity contribution is -0.283. The van der Waals surface area contributed by atoms with Gasteiger partial charge in [0, 0.05) is 32.9 Å². The van der Waals surface area contributed by atoms with Gasteiger partial charge in [0.15, 0.2) is 6.29 Å². The molecule has 1 amide bonds. The Morgan fingerprint density at radius 1 is 0.810 bits per heavy atom.